The van der Waals surface area contributed by atoms with Crippen molar-refractivity contribution < 1.29 is 5.11 Å². The first kappa shape index (κ1) is 11.8. The number of phenolic OH excluding ortho intramolecular Hbond substituents is 1. The lowest BCUT2D eigenvalue weighted by Gasteiger charge is -2.06. The average molecular weight is 248 g/mol. The minimum absolute atomic E-state index is 0.285. The number of aromatic hydroxyl groups is 1. The summed E-state index contributed by atoms with van der Waals surface area (Å²) in [6, 6.07) is 14.9. The quantitative estimate of drug-likeness (QED) is 0.808. The van der Waals surface area contributed by atoms with Crippen molar-refractivity contribution in [1.29, 1.82) is 0 Å². The van der Waals surface area contributed by atoms with E-state index in [-0.39, 0.29) is 5.75 Å². The number of hydrogen-bond donors (Lipinski definition) is 2. The van der Waals surface area contributed by atoms with Crippen LogP contribution >= 0.6 is 11.6 Å². The van der Waals surface area contributed by atoms with Crippen molar-refractivity contribution in [2.45, 2.75) is 6.42 Å². The first-order valence-electron chi connectivity index (χ1n) is 5.51. The van der Waals surface area contributed by atoms with E-state index in [1.807, 2.05) is 36.4 Å². The molecule has 2 N–H and O–H groups in total. The molecular weight excluding hydrogens is 234 g/mol. The largest absolute Gasteiger partial charge is 0.508 e. The molecule has 3 heteroatoms. The van der Waals surface area contributed by atoms with Gasteiger partial charge in [-0.3, -0.25) is 0 Å². The number of benzene rings is 2. The van der Waals surface area contributed by atoms with Gasteiger partial charge in [-0.2, -0.15) is 0 Å². The van der Waals surface area contributed by atoms with Crippen LogP contribution in [0.25, 0.3) is 0 Å². The maximum absolute atomic E-state index is 9.15. The van der Waals surface area contributed by atoms with Crippen LogP contribution in [0.2, 0.25) is 5.02 Å². The average Bonchev–Trinajstić information content (AvgIpc) is 2.34. The molecule has 0 aliphatic heterocycles. The highest BCUT2D eigenvalue weighted by atomic mass is 35.5. The summed E-state index contributed by atoms with van der Waals surface area (Å²) in [6.07, 6.45) is 0.943. The van der Waals surface area contributed by atoms with E-state index in [4.69, 9.17) is 16.7 Å². The minimum atomic E-state index is 0.285. The fourth-order valence-electron chi connectivity index (χ4n) is 1.58. The van der Waals surface area contributed by atoms with Crippen LogP contribution in [0.15, 0.2) is 48.5 Å². The third-order valence-electron chi connectivity index (χ3n) is 2.52. The van der Waals surface area contributed by atoms with Gasteiger partial charge in [0.2, 0.25) is 0 Å². The molecule has 0 aliphatic carbocycles. The van der Waals surface area contributed by atoms with Crippen LogP contribution in [0.1, 0.15) is 5.56 Å². The molecule has 0 aliphatic rings. The lowest BCUT2D eigenvalue weighted by atomic mass is 10.1. The van der Waals surface area contributed by atoms with Gasteiger partial charge in [0.15, 0.2) is 0 Å². The van der Waals surface area contributed by atoms with E-state index in [1.54, 1.807) is 12.1 Å². The smallest absolute Gasteiger partial charge is 0.115 e. The third-order valence-corrected chi connectivity index (χ3v) is 2.78. The van der Waals surface area contributed by atoms with Gasteiger partial charge in [0.05, 0.1) is 0 Å². The van der Waals surface area contributed by atoms with E-state index in [0.717, 1.165) is 23.7 Å². The highest BCUT2D eigenvalue weighted by molar-refractivity contribution is 6.30. The second kappa shape index (κ2) is 5.60. The topological polar surface area (TPSA) is 32.3 Å². The number of hydrogen-bond acceptors (Lipinski definition) is 2. The second-order valence-corrected chi connectivity index (χ2v) is 4.29. The molecule has 0 saturated heterocycles. The Morgan fingerprint density at radius 2 is 1.59 bits per heavy atom. The molecule has 0 bridgehead atoms. The Bertz CT molecular complexity index is 419. The van der Waals surface area contributed by atoms with Gasteiger partial charge < -0.3 is 10.4 Å². The Morgan fingerprint density at radius 1 is 0.941 bits per heavy atom. The van der Waals surface area contributed by atoms with Crippen LogP contribution < -0.4 is 5.32 Å². The summed E-state index contributed by atoms with van der Waals surface area (Å²) in [7, 11) is 0. The van der Waals surface area contributed by atoms with Crippen LogP contribution in [0, 0.1) is 0 Å². The maximum Gasteiger partial charge on any atom is 0.115 e. The summed E-state index contributed by atoms with van der Waals surface area (Å²) in [6.45, 7) is 0.854. The highest BCUT2D eigenvalue weighted by Gasteiger charge is 1.95. The van der Waals surface area contributed by atoms with E-state index < -0.39 is 0 Å². The van der Waals surface area contributed by atoms with Gasteiger partial charge in [-0.1, -0.05) is 23.7 Å². The molecule has 0 spiro atoms. The van der Waals surface area contributed by atoms with Gasteiger partial charge in [0.1, 0.15) is 5.75 Å². The Hall–Kier alpha value is -1.67. The minimum Gasteiger partial charge on any atom is -0.508 e. The number of rotatable bonds is 4. The molecule has 2 aromatic rings. The number of halogens is 1. The Balaban J connectivity index is 1.83. The highest BCUT2D eigenvalue weighted by Crippen LogP contribution is 2.14. The zero-order valence-corrected chi connectivity index (χ0v) is 10.1. The fourth-order valence-corrected chi connectivity index (χ4v) is 1.71. The molecule has 0 atom stereocenters. The number of anilines is 1. The first-order valence-corrected chi connectivity index (χ1v) is 5.89. The van der Waals surface area contributed by atoms with Crippen LogP contribution in [0.4, 0.5) is 5.69 Å². The van der Waals surface area contributed by atoms with E-state index in [1.165, 1.54) is 5.56 Å². The molecule has 2 aromatic carbocycles. The Morgan fingerprint density at radius 3 is 2.24 bits per heavy atom. The monoisotopic (exact) mass is 247 g/mol. The van der Waals surface area contributed by atoms with Crippen molar-refractivity contribution in [3.8, 4) is 5.75 Å². The lowest BCUT2D eigenvalue weighted by molar-refractivity contribution is 0.475. The first-order chi connectivity index (χ1) is 8.24. The SMILES string of the molecule is Oc1ccc(NCCc2ccc(Cl)cc2)cc1. The third kappa shape index (κ3) is 3.68. The van der Waals surface area contributed by atoms with Gasteiger partial charge in [-0.25, -0.2) is 0 Å². The predicted octanol–water partition coefficient (Wildman–Crippen LogP) is 3.70. The van der Waals surface area contributed by atoms with Crippen LogP contribution in [-0.4, -0.2) is 11.7 Å². The number of nitrogens with one attached hydrogen (secondary N) is 1. The van der Waals surface area contributed by atoms with Gasteiger partial charge in [0.25, 0.3) is 0 Å². The summed E-state index contributed by atoms with van der Waals surface area (Å²) in [5.41, 5.74) is 2.26. The summed E-state index contributed by atoms with van der Waals surface area (Å²) < 4.78 is 0. The Labute approximate surface area is 106 Å². The Kier molecular flexibility index (Phi) is 3.89. The molecule has 17 heavy (non-hydrogen) atoms. The molecule has 0 unspecified atom stereocenters. The maximum atomic E-state index is 9.15. The van der Waals surface area contributed by atoms with Crippen molar-refractivity contribution in [1.82, 2.24) is 0 Å². The van der Waals surface area contributed by atoms with Crippen LogP contribution in [-0.2, 0) is 6.42 Å². The van der Waals surface area contributed by atoms with E-state index >= 15 is 0 Å². The molecule has 2 nitrogen and oxygen atoms in total. The van der Waals surface area contributed by atoms with Gasteiger partial charge >= 0.3 is 0 Å². The van der Waals surface area contributed by atoms with Crippen molar-refractivity contribution in [3.63, 3.8) is 0 Å². The summed E-state index contributed by atoms with van der Waals surface area (Å²) in [5.74, 6) is 0.285. The van der Waals surface area contributed by atoms with Gasteiger partial charge in [-0.15, -0.1) is 0 Å². The molecule has 0 radical (unpaired) electrons. The van der Waals surface area contributed by atoms with Crippen molar-refractivity contribution in [3.05, 3.63) is 59.1 Å². The van der Waals surface area contributed by atoms with Crippen LogP contribution in [0.3, 0.4) is 0 Å². The van der Waals surface area contributed by atoms with Gasteiger partial charge in [-0.05, 0) is 48.4 Å². The standard InChI is InChI=1S/C14H14ClNO/c15-12-3-1-11(2-4-12)9-10-16-13-5-7-14(17)8-6-13/h1-8,16-17H,9-10H2. The molecule has 0 amide bonds. The van der Waals surface area contributed by atoms with Gasteiger partial charge in [0, 0.05) is 17.3 Å². The van der Waals surface area contributed by atoms with Crippen molar-refractivity contribution >= 4 is 17.3 Å². The fraction of sp³-hybridized carbons (Fsp3) is 0.143. The molecule has 2 rings (SSSR count). The predicted molar refractivity (Wildman–Crippen MR) is 71.8 cm³/mol. The lowest BCUT2D eigenvalue weighted by Crippen LogP contribution is -2.04. The molecular formula is C14H14ClNO. The molecule has 0 fully saturated rings. The van der Waals surface area contributed by atoms with E-state index in [2.05, 4.69) is 5.32 Å². The normalized spacial score (nSPS) is 10.2. The molecule has 0 aromatic heterocycles. The van der Waals surface area contributed by atoms with E-state index in [0.29, 0.717) is 0 Å². The summed E-state index contributed by atoms with van der Waals surface area (Å²) in [5, 5.41) is 13.2. The second-order valence-electron chi connectivity index (χ2n) is 3.85. The van der Waals surface area contributed by atoms with Crippen LogP contribution in [0.5, 0.6) is 5.75 Å². The molecule has 0 saturated carbocycles. The summed E-state index contributed by atoms with van der Waals surface area (Å²) >= 11 is 5.82. The number of phenols is 1. The molecule has 88 valence electrons. The zero-order chi connectivity index (χ0) is 12.1. The molecule has 0 heterocycles. The zero-order valence-electron chi connectivity index (χ0n) is 9.36. The van der Waals surface area contributed by atoms with Crippen molar-refractivity contribution in [2.24, 2.45) is 0 Å². The van der Waals surface area contributed by atoms with E-state index in [9.17, 15) is 0 Å². The van der Waals surface area contributed by atoms with Crippen molar-refractivity contribution in [2.75, 3.05) is 11.9 Å². The summed E-state index contributed by atoms with van der Waals surface area (Å²) in [4.78, 5) is 0.